The highest BCUT2D eigenvalue weighted by Gasteiger charge is 2.20. The predicted molar refractivity (Wildman–Crippen MR) is 82.9 cm³/mol. The van der Waals surface area contributed by atoms with Crippen LogP contribution < -0.4 is 10.6 Å². The Balaban J connectivity index is 2.09. The molecule has 0 saturated carbocycles. The highest BCUT2D eigenvalue weighted by Crippen LogP contribution is 2.18. The van der Waals surface area contributed by atoms with Gasteiger partial charge in [-0.25, -0.2) is 8.78 Å². The Bertz CT molecular complexity index is 656. The third kappa shape index (κ3) is 4.02. The number of benzene rings is 2. The van der Waals surface area contributed by atoms with Gasteiger partial charge in [0, 0.05) is 23.8 Å². The SMILES string of the molecule is CN(C(=O)C(N)Cc1cc(F)cc(F)c1)c1ccc(Cl)cc1. The first-order chi connectivity index (χ1) is 10.4. The van der Waals surface area contributed by atoms with Crippen LogP contribution in [-0.2, 0) is 11.2 Å². The summed E-state index contributed by atoms with van der Waals surface area (Å²) in [6.45, 7) is 0. The zero-order chi connectivity index (χ0) is 16.3. The summed E-state index contributed by atoms with van der Waals surface area (Å²) in [5.74, 6) is -1.74. The molecule has 0 heterocycles. The summed E-state index contributed by atoms with van der Waals surface area (Å²) >= 11 is 5.80. The van der Waals surface area contributed by atoms with Crippen LogP contribution in [0.3, 0.4) is 0 Å². The quantitative estimate of drug-likeness (QED) is 0.939. The number of nitrogens with two attached hydrogens (primary N) is 1. The van der Waals surface area contributed by atoms with Gasteiger partial charge in [0.1, 0.15) is 11.6 Å². The van der Waals surface area contributed by atoms with Crippen LogP contribution in [0.5, 0.6) is 0 Å². The topological polar surface area (TPSA) is 46.3 Å². The first kappa shape index (κ1) is 16.4. The maximum absolute atomic E-state index is 13.2. The number of carbonyl (C=O) groups is 1. The fourth-order valence-electron chi connectivity index (χ4n) is 2.11. The van der Waals surface area contributed by atoms with Gasteiger partial charge in [0.15, 0.2) is 0 Å². The van der Waals surface area contributed by atoms with Crippen molar-refractivity contribution in [1.29, 1.82) is 0 Å². The number of carbonyl (C=O) groups excluding carboxylic acids is 1. The Morgan fingerprint density at radius 3 is 2.27 bits per heavy atom. The normalized spacial score (nSPS) is 12.0. The molecule has 0 spiro atoms. The monoisotopic (exact) mass is 324 g/mol. The molecule has 0 radical (unpaired) electrons. The molecule has 1 amide bonds. The van der Waals surface area contributed by atoms with Gasteiger partial charge in [-0.3, -0.25) is 4.79 Å². The van der Waals surface area contributed by atoms with Crippen molar-refractivity contribution < 1.29 is 13.6 Å². The molecule has 0 aliphatic carbocycles. The molecule has 2 rings (SSSR count). The Labute approximate surface area is 132 Å². The second-order valence-electron chi connectivity index (χ2n) is 4.96. The van der Waals surface area contributed by atoms with Crippen LogP contribution in [0, 0.1) is 11.6 Å². The van der Waals surface area contributed by atoms with Crippen LogP contribution in [0.2, 0.25) is 5.02 Å². The lowest BCUT2D eigenvalue weighted by Gasteiger charge is -2.21. The highest BCUT2D eigenvalue weighted by molar-refractivity contribution is 6.30. The van der Waals surface area contributed by atoms with E-state index in [1.165, 1.54) is 17.0 Å². The molecule has 0 aliphatic rings. The van der Waals surface area contributed by atoms with Gasteiger partial charge in [-0.15, -0.1) is 0 Å². The average molecular weight is 325 g/mol. The minimum Gasteiger partial charge on any atom is -0.320 e. The standard InChI is InChI=1S/C16H15ClF2N2O/c1-21(14-4-2-11(17)3-5-14)16(22)15(20)8-10-6-12(18)9-13(19)7-10/h2-7,9,15H,8,20H2,1H3. The van der Waals surface area contributed by atoms with E-state index >= 15 is 0 Å². The van der Waals surface area contributed by atoms with Crippen LogP contribution in [0.25, 0.3) is 0 Å². The Morgan fingerprint density at radius 2 is 1.73 bits per heavy atom. The Hall–Kier alpha value is -1.98. The van der Waals surface area contributed by atoms with Gasteiger partial charge >= 0.3 is 0 Å². The number of anilines is 1. The fraction of sp³-hybridized carbons (Fsp3) is 0.188. The smallest absolute Gasteiger partial charge is 0.243 e. The number of hydrogen-bond acceptors (Lipinski definition) is 2. The van der Waals surface area contributed by atoms with Crippen molar-refractivity contribution in [2.75, 3.05) is 11.9 Å². The molecule has 0 aromatic heterocycles. The van der Waals surface area contributed by atoms with Crippen LogP contribution in [-0.4, -0.2) is 19.0 Å². The van der Waals surface area contributed by atoms with Crippen molar-refractivity contribution in [3.8, 4) is 0 Å². The van der Waals surface area contributed by atoms with Gasteiger partial charge in [-0.05, 0) is 48.4 Å². The first-order valence-corrected chi connectivity index (χ1v) is 6.98. The molecule has 22 heavy (non-hydrogen) atoms. The summed E-state index contributed by atoms with van der Waals surface area (Å²) in [5, 5.41) is 0.559. The maximum Gasteiger partial charge on any atom is 0.243 e. The summed E-state index contributed by atoms with van der Waals surface area (Å²) in [7, 11) is 1.58. The van der Waals surface area contributed by atoms with Gasteiger partial charge in [-0.2, -0.15) is 0 Å². The van der Waals surface area contributed by atoms with Crippen LogP contribution in [0.1, 0.15) is 5.56 Å². The number of amides is 1. The zero-order valence-corrected chi connectivity index (χ0v) is 12.6. The Kier molecular flexibility index (Phi) is 5.11. The lowest BCUT2D eigenvalue weighted by atomic mass is 10.0. The molecule has 0 aliphatic heterocycles. The van der Waals surface area contributed by atoms with E-state index in [1.54, 1.807) is 31.3 Å². The molecule has 2 N–H and O–H groups in total. The molecule has 2 aromatic carbocycles. The lowest BCUT2D eigenvalue weighted by Crippen LogP contribution is -2.43. The van der Waals surface area contributed by atoms with Crippen LogP contribution in [0.4, 0.5) is 14.5 Å². The van der Waals surface area contributed by atoms with Gasteiger partial charge in [0.05, 0.1) is 6.04 Å². The molecule has 116 valence electrons. The average Bonchev–Trinajstić information content (AvgIpc) is 2.45. The van der Waals surface area contributed by atoms with E-state index in [0.29, 0.717) is 16.3 Å². The van der Waals surface area contributed by atoms with Crippen molar-refractivity contribution in [3.05, 3.63) is 64.7 Å². The van der Waals surface area contributed by atoms with E-state index < -0.39 is 17.7 Å². The second kappa shape index (κ2) is 6.85. The van der Waals surface area contributed by atoms with E-state index in [0.717, 1.165) is 6.07 Å². The van der Waals surface area contributed by atoms with Gasteiger partial charge in [0.25, 0.3) is 0 Å². The molecule has 1 unspecified atom stereocenters. The fourth-order valence-corrected chi connectivity index (χ4v) is 2.24. The third-order valence-corrected chi connectivity index (χ3v) is 3.49. The van der Waals surface area contributed by atoms with Gasteiger partial charge in [-0.1, -0.05) is 11.6 Å². The first-order valence-electron chi connectivity index (χ1n) is 6.60. The molecular weight excluding hydrogens is 310 g/mol. The maximum atomic E-state index is 13.2. The molecule has 0 fully saturated rings. The Morgan fingerprint density at radius 1 is 1.18 bits per heavy atom. The lowest BCUT2D eigenvalue weighted by molar-refractivity contribution is -0.119. The number of likely N-dealkylation sites (N-methyl/N-ethyl adjacent to an activating group) is 1. The van der Waals surface area contributed by atoms with Crippen molar-refractivity contribution in [3.63, 3.8) is 0 Å². The number of nitrogens with zero attached hydrogens (tertiary/aromatic N) is 1. The molecule has 6 heteroatoms. The number of hydrogen-bond donors (Lipinski definition) is 1. The van der Waals surface area contributed by atoms with Gasteiger partial charge < -0.3 is 10.6 Å². The number of halogens is 3. The molecule has 2 aromatic rings. The minimum absolute atomic E-state index is 0.0471. The van der Waals surface area contributed by atoms with Crippen molar-refractivity contribution in [1.82, 2.24) is 0 Å². The molecule has 1 atom stereocenters. The summed E-state index contributed by atoms with van der Waals surface area (Å²) in [4.78, 5) is 13.7. The number of rotatable bonds is 4. The summed E-state index contributed by atoms with van der Waals surface area (Å²) in [5.41, 5.74) is 6.83. The predicted octanol–water partition coefficient (Wildman–Crippen LogP) is 3.15. The van der Waals surface area contributed by atoms with E-state index in [4.69, 9.17) is 17.3 Å². The van der Waals surface area contributed by atoms with Gasteiger partial charge in [0.2, 0.25) is 5.91 Å². The van der Waals surface area contributed by atoms with E-state index in [-0.39, 0.29) is 12.3 Å². The van der Waals surface area contributed by atoms with E-state index in [9.17, 15) is 13.6 Å². The molecule has 3 nitrogen and oxygen atoms in total. The second-order valence-corrected chi connectivity index (χ2v) is 5.40. The molecule has 0 saturated heterocycles. The molecule has 0 bridgehead atoms. The van der Waals surface area contributed by atoms with E-state index in [2.05, 4.69) is 0 Å². The van der Waals surface area contributed by atoms with Crippen LogP contribution >= 0.6 is 11.6 Å². The minimum atomic E-state index is -0.901. The van der Waals surface area contributed by atoms with E-state index in [1.807, 2.05) is 0 Å². The summed E-state index contributed by atoms with van der Waals surface area (Å²) < 4.78 is 26.3. The highest BCUT2D eigenvalue weighted by atomic mass is 35.5. The third-order valence-electron chi connectivity index (χ3n) is 3.24. The van der Waals surface area contributed by atoms with Crippen LogP contribution in [0.15, 0.2) is 42.5 Å². The van der Waals surface area contributed by atoms with Crippen molar-refractivity contribution in [2.45, 2.75) is 12.5 Å². The molecular formula is C16H15ClF2N2O. The zero-order valence-electron chi connectivity index (χ0n) is 11.9. The summed E-state index contributed by atoms with van der Waals surface area (Å²) in [6, 6.07) is 8.90. The summed E-state index contributed by atoms with van der Waals surface area (Å²) in [6.07, 6.45) is 0.0471. The largest absolute Gasteiger partial charge is 0.320 e. The van der Waals surface area contributed by atoms with Crippen molar-refractivity contribution in [2.24, 2.45) is 5.73 Å². The van der Waals surface area contributed by atoms with Crippen molar-refractivity contribution >= 4 is 23.2 Å².